The van der Waals surface area contributed by atoms with Gasteiger partial charge in [0.25, 0.3) is 5.91 Å². The molecule has 1 saturated carbocycles. The number of carbonyl (C=O) groups is 2. The summed E-state index contributed by atoms with van der Waals surface area (Å²) >= 11 is 0. The Morgan fingerprint density at radius 2 is 1.93 bits per heavy atom. The molecule has 6 heteroatoms. The molecule has 2 heterocycles. The maximum atomic E-state index is 13.3. The number of hydrogen-bond acceptors (Lipinski definition) is 3. The fourth-order valence-electron chi connectivity index (χ4n) is 4.25. The second kappa shape index (κ2) is 7.41. The number of aromatic nitrogens is 2. The highest BCUT2D eigenvalue weighted by molar-refractivity contribution is 5.96. The first kappa shape index (κ1) is 18.7. The molecule has 6 nitrogen and oxygen atoms in total. The maximum Gasteiger partial charge on any atom is 0.308 e. The highest BCUT2D eigenvalue weighted by Gasteiger charge is 2.42. The molecule has 0 bridgehead atoms. The van der Waals surface area contributed by atoms with E-state index < -0.39 is 11.9 Å². The molecule has 1 aromatic carbocycles. The van der Waals surface area contributed by atoms with Crippen LogP contribution in [0.4, 0.5) is 0 Å². The van der Waals surface area contributed by atoms with Crippen LogP contribution < -0.4 is 0 Å². The number of benzene rings is 1. The zero-order valence-electron chi connectivity index (χ0n) is 16.4. The number of hydrogen-bond donors (Lipinski definition) is 1. The van der Waals surface area contributed by atoms with E-state index in [4.69, 9.17) is 0 Å². The van der Waals surface area contributed by atoms with Crippen LogP contribution in [0.25, 0.3) is 0 Å². The summed E-state index contributed by atoms with van der Waals surface area (Å²) in [6.45, 7) is 4.91. The van der Waals surface area contributed by atoms with Crippen molar-refractivity contribution in [1.82, 2.24) is 14.7 Å². The molecule has 1 aliphatic carbocycles. The van der Waals surface area contributed by atoms with E-state index in [2.05, 4.69) is 18.9 Å². The van der Waals surface area contributed by atoms with Gasteiger partial charge >= 0.3 is 5.97 Å². The van der Waals surface area contributed by atoms with E-state index in [1.54, 1.807) is 11.1 Å². The SMILES string of the molecule is CCC(C)n1ncc(C(=O)N2C[C@H](C(=O)O)[C@H](c3ccccc3)C2)c1C1CC1. The zero-order valence-corrected chi connectivity index (χ0v) is 16.4. The molecule has 0 spiro atoms. The lowest BCUT2D eigenvalue weighted by Crippen LogP contribution is -2.30. The fraction of sp³-hybridized carbons (Fsp3) is 0.500. The van der Waals surface area contributed by atoms with Crippen molar-refractivity contribution >= 4 is 11.9 Å². The minimum Gasteiger partial charge on any atom is -0.481 e. The molecule has 3 atom stereocenters. The topological polar surface area (TPSA) is 75.4 Å². The summed E-state index contributed by atoms with van der Waals surface area (Å²) in [6, 6.07) is 9.90. The highest BCUT2D eigenvalue weighted by atomic mass is 16.4. The third kappa shape index (κ3) is 3.32. The minimum atomic E-state index is -0.845. The van der Waals surface area contributed by atoms with E-state index in [1.165, 1.54) is 0 Å². The fourth-order valence-corrected chi connectivity index (χ4v) is 4.25. The standard InChI is InChI=1S/C22H27N3O3/c1-3-14(2)25-20(16-9-10-16)17(11-23-25)21(26)24-12-18(19(13-24)22(27)28)15-7-5-4-6-8-15/h4-8,11,14,16,18-19H,3,9-10,12-13H2,1-2H3,(H,27,28)/t14?,18-,19-/m0/s1. The maximum absolute atomic E-state index is 13.3. The van der Waals surface area contributed by atoms with Crippen LogP contribution >= 0.6 is 0 Å². The second-order valence-corrected chi connectivity index (χ2v) is 8.09. The Morgan fingerprint density at radius 1 is 1.21 bits per heavy atom. The van der Waals surface area contributed by atoms with E-state index in [0.717, 1.165) is 30.5 Å². The second-order valence-electron chi connectivity index (χ2n) is 8.09. The summed E-state index contributed by atoms with van der Waals surface area (Å²) in [5.41, 5.74) is 2.66. The molecule has 1 unspecified atom stereocenters. The van der Waals surface area contributed by atoms with E-state index in [9.17, 15) is 14.7 Å². The van der Waals surface area contributed by atoms with Crippen molar-refractivity contribution in [1.29, 1.82) is 0 Å². The Labute approximate surface area is 165 Å². The number of carboxylic acid groups (broad SMARTS) is 1. The molecule has 148 valence electrons. The molecular formula is C22H27N3O3. The van der Waals surface area contributed by atoms with Gasteiger partial charge in [0, 0.05) is 31.0 Å². The molecule has 1 N–H and O–H groups in total. The predicted molar refractivity (Wildman–Crippen MR) is 105 cm³/mol. The van der Waals surface area contributed by atoms with Gasteiger partial charge in [0.15, 0.2) is 0 Å². The van der Waals surface area contributed by atoms with Gasteiger partial charge in [0.05, 0.1) is 23.4 Å². The van der Waals surface area contributed by atoms with Gasteiger partial charge in [0.2, 0.25) is 0 Å². The van der Waals surface area contributed by atoms with Crippen molar-refractivity contribution in [3.05, 3.63) is 53.3 Å². The summed E-state index contributed by atoms with van der Waals surface area (Å²) in [6.07, 6.45) is 4.82. The Kier molecular flexibility index (Phi) is 4.96. The number of carboxylic acids is 1. The van der Waals surface area contributed by atoms with Crippen molar-refractivity contribution < 1.29 is 14.7 Å². The third-order valence-corrected chi connectivity index (χ3v) is 6.19. The quantitative estimate of drug-likeness (QED) is 0.828. The van der Waals surface area contributed by atoms with E-state index in [0.29, 0.717) is 18.0 Å². The number of amides is 1. The normalized spacial score (nSPS) is 23.0. The van der Waals surface area contributed by atoms with Gasteiger partial charge < -0.3 is 10.0 Å². The van der Waals surface area contributed by atoms with Crippen LogP contribution in [0.1, 0.15) is 72.6 Å². The van der Waals surface area contributed by atoms with E-state index in [1.807, 2.05) is 35.0 Å². The Bertz CT molecular complexity index is 872. The molecule has 2 aliphatic rings. The molecule has 4 rings (SSSR count). The van der Waals surface area contributed by atoms with Crippen LogP contribution in [0.15, 0.2) is 36.5 Å². The van der Waals surface area contributed by atoms with Gasteiger partial charge in [-0.15, -0.1) is 0 Å². The third-order valence-electron chi connectivity index (χ3n) is 6.19. The molecule has 0 radical (unpaired) electrons. The largest absolute Gasteiger partial charge is 0.481 e. The molecule has 2 fully saturated rings. The number of rotatable bonds is 6. The van der Waals surface area contributed by atoms with Gasteiger partial charge in [-0.25, -0.2) is 0 Å². The van der Waals surface area contributed by atoms with Crippen molar-refractivity contribution in [3.63, 3.8) is 0 Å². The monoisotopic (exact) mass is 381 g/mol. The lowest BCUT2D eigenvalue weighted by molar-refractivity contribution is -0.141. The van der Waals surface area contributed by atoms with Crippen molar-refractivity contribution in [3.8, 4) is 0 Å². The molecule has 1 saturated heterocycles. The first-order valence-electron chi connectivity index (χ1n) is 10.2. The smallest absolute Gasteiger partial charge is 0.308 e. The predicted octanol–water partition coefficient (Wildman–Crippen LogP) is 3.67. The summed E-state index contributed by atoms with van der Waals surface area (Å²) in [5, 5.41) is 14.2. The molecular weight excluding hydrogens is 354 g/mol. The summed E-state index contributed by atoms with van der Waals surface area (Å²) < 4.78 is 2.00. The zero-order chi connectivity index (χ0) is 19.8. The van der Waals surface area contributed by atoms with Crippen molar-refractivity contribution in [2.75, 3.05) is 13.1 Å². The number of nitrogens with zero attached hydrogens (tertiary/aromatic N) is 3. The lowest BCUT2D eigenvalue weighted by atomic mass is 9.89. The molecule has 1 amide bonds. The molecule has 2 aromatic rings. The van der Waals surface area contributed by atoms with Crippen LogP contribution in [-0.2, 0) is 4.79 Å². The average Bonchev–Trinajstić information content (AvgIpc) is 3.29. The van der Waals surface area contributed by atoms with Gasteiger partial charge in [-0.3, -0.25) is 14.3 Å². The summed E-state index contributed by atoms with van der Waals surface area (Å²) in [7, 11) is 0. The van der Waals surface area contributed by atoms with Crippen molar-refractivity contribution in [2.45, 2.75) is 51.0 Å². The van der Waals surface area contributed by atoms with Gasteiger partial charge in [-0.05, 0) is 31.7 Å². The number of likely N-dealkylation sites (tertiary alicyclic amines) is 1. The van der Waals surface area contributed by atoms with Crippen LogP contribution in [0.2, 0.25) is 0 Å². The first-order chi connectivity index (χ1) is 13.5. The Morgan fingerprint density at radius 3 is 2.54 bits per heavy atom. The minimum absolute atomic E-state index is 0.0823. The lowest BCUT2D eigenvalue weighted by Gasteiger charge is -2.18. The number of carbonyl (C=O) groups excluding carboxylic acids is 1. The molecule has 28 heavy (non-hydrogen) atoms. The van der Waals surface area contributed by atoms with Crippen LogP contribution in [0, 0.1) is 5.92 Å². The molecule has 1 aromatic heterocycles. The van der Waals surface area contributed by atoms with Gasteiger partial charge in [-0.1, -0.05) is 37.3 Å². The Hall–Kier alpha value is -2.63. The Balaban J connectivity index is 1.62. The highest BCUT2D eigenvalue weighted by Crippen LogP contribution is 2.43. The van der Waals surface area contributed by atoms with E-state index in [-0.39, 0.29) is 24.4 Å². The summed E-state index contributed by atoms with van der Waals surface area (Å²) in [4.78, 5) is 26.9. The van der Waals surface area contributed by atoms with E-state index >= 15 is 0 Å². The van der Waals surface area contributed by atoms with Crippen molar-refractivity contribution in [2.24, 2.45) is 5.92 Å². The summed E-state index contributed by atoms with van der Waals surface area (Å²) in [5.74, 6) is -1.29. The van der Waals surface area contributed by atoms with Crippen LogP contribution in [0.5, 0.6) is 0 Å². The number of aliphatic carboxylic acids is 1. The average molecular weight is 381 g/mol. The molecule has 1 aliphatic heterocycles. The van der Waals surface area contributed by atoms with Gasteiger partial charge in [0.1, 0.15) is 0 Å². The first-order valence-corrected chi connectivity index (χ1v) is 10.2. The van der Waals surface area contributed by atoms with Crippen LogP contribution in [-0.4, -0.2) is 44.8 Å². The van der Waals surface area contributed by atoms with Gasteiger partial charge in [-0.2, -0.15) is 5.10 Å². The van der Waals surface area contributed by atoms with Crippen LogP contribution in [0.3, 0.4) is 0 Å².